The topological polar surface area (TPSA) is 41.8 Å². The van der Waals surface area contributed by atoms with Crippen molar-refractivity contribution in [3.05, 3.63) is 99.4 Å². The number of thioether (sulfide) groups is 1. The van der Waals surface area contributed by atoms with Crippen LogP contribution in [0, 0.1) is 22.6 Å². The Hall–Kier alpha value is -2.79. The summed E-state index contributed by atoms with van der Waals surface area (Å²) in [4.78, 5) is 14.5. The average molecular weight is 475 g/mol. The van der Waals surface area contributed by atoms with Crippen molar-refractivity contribution in [1.29, 1.82) is 0 Å². The molecular formula is C29H31FN2OS. The third kappa shape index (κ3) is 5.00. The predicted molar refractivity (Wildman–Crippen MR) is 139 cm³/mol. The van der Waals surface area contributed by atoms with Crippen LogP contribution in [0.3, 0.4) is 0 Å². The Morgan fingerprint density at radius 2 is 1.59 bits per heavy atom. The van der Waals surface area contributed by atoms with Crippen molar-refractivity contribution in [2.75, 3.05) is 5.75 Å². The Balaban J connectivity index is 1.96. The van der Waals surface area contributed by atoms with Gasteiger partial charge in [-0.2, -0.15) is 5.11 Å². The van der Waals surface area contributed by atoms with E-state index in [1.165, 1.54) is 17.7 Å². The monoisotopic (exact) mass is 474 g/mol. The number of Topliss-reactive ketones (excluding diaryl/α,β-unsaturated/α-hetero) is 1. The van der Waals surface area contributed by atoms with Gasteiger partial charge in [-0.3, -0.25) is 4.79 Å². The SMILES string of the molecule is CC(C)(C)C1=CC(=C(N=Nc2ccc(F)cc2)C2=C3C=CC=CC3CS2)C=C(C(C)(C)C)C1=O. The molecule has 0 radical (unpaired) electrons. The van der Waals surface area contributed by atoms with Crippen molar-refractivity contribution in [2.24, 2.45) is 27.0 Å². The summed E-state index contributed by atoms with van der Waals surface area (Å²) < 4.78 is 13.4. The number of allylic oxidation sites excluding steroid dienone is 10. The summed E-state index contributed by atoms with van der Waals surface area (Å²) in [7, 11) is 0. The summed E-state index contributed by atoms with van der Waals surface area (Å²) in [6, 6.07) is 5.99. The first kappa shape index (κ1) is 24.3. The molecule has 0 aromatic heterocycles. The number of azo groups is 1. The van der Waals surface area contributed by atoms with Crippen LogP contribution in [0.15, 0.2) is 104 Å². The van der Waals surface area contributed by atoms with Gasteiger partial charge in [-0.15, -0.1) is 16.9 Å². The second kappa shape index (κ2) is 9.10. The van der Waals surface area contributed by atoms with Crippen molar-refractivity contribution >= 4 is 23.2 Å². The number of halogens is 1. The van der Waals surface area contributed by atoms with Crippen LogP contribution in [0.4, 0.5) is 10.1 Å². The van der Waals surface area contributed by atoms with E-state index in [1.807, 2.05) is 18.2 Å². The van der Waals surface area contributed by atoms with Crippen LogP contribution in [-0.4, -0.2) is 11.5 Å². The minimum absolute atomic E-state index is 0.0914. The Bertz CT molecular complexity index is 1190. The van der Waals surface area contributed by atoms with Gasteiger partial charge in [0.1, 0.15) is 11.5 Å². The first-order valence-electron chi connectivity index (χ1n) is 11.6. The summed E-state index contributed by atoms with van der Waals surface area (Å²) in [5, 5.41) is 9.19. The quantitative estimate of drug-likeness (QED) is 0.413. The van der Waals surface area contributed by atoms with E-state index in [0.29, 0.717) is 11.6 Å². The van der Waals surface area contributed by atoms with Gasteiger partial charge in [0.05, 0.1) is 5.69 Å². The van der Waals surface area contributed by atoms with Gasteiger partial charge in [-0.25, -0.2) is 4.39 Å². The molecule has 2 aliphatic carbocycles. The van der Waals surface area contributed by atoms with Crippen molar-refractivity contribution in [2.45, 2.75) is 41.5 Å². The van der Waals surface area contributed by atoms with E-state index in [-0.39, 0.29) is 22.4 Å². The number of ketones is 1. The number of benzene rings is 1. The molecule has 0 saturated carbocycles. The maximum absolute atomic E-state index is 13.5. The molecule has 0 saturated heterocycles. The zero-order chi connectivity index (χ0) is 24.7. The molecule has 1 aliphatic heterocycles. The summed E-state index contributed by atoms with van der Waals surface area (Å²) >= 11 is 1.77. The van der Waals surface area contributed by atoms with Gasteiger partial charge in [-0.1, -0.05) is 65.8 Å². The smallest absolute Gasteiger partial charge is 0.186 e. The van der Waals surface area contributed by atoms with E-state index in [1.54, 1.807) is 23.9 Å². The van der Waals surface area contributed by atoms with Gasteiger partial charge in [0, 0.05) is 33.3 Å². The van der Waals surface area contributed by atoms with Gasteiger partial charge < -0.3 is 0 Å². The Morgan fingerprint density at radius 1 is 0.971 bits per heavy atom. The Labute approximate surface area is 206 Å². The molecule has 34 heavy (non-hydrogen) atoms. The Morgan fingerprint density at radius 3 is 2.18 bits per heavy atom. The molecule has 1 atom stereocenters. The van der Waals surface area contributed by atoms with Gasteiger partial charge in [0.15, 0.2) is 5.78 Å². The molecule has 0 bridgehead atoms. The minimum Gasteiger partial charge on any atom is -0.289 e. The van der Waals surface area contributed by atoms with E-state index < -0.39 is 0 Å². The van der Waals surface area contributed by atoms with Crippen LogP contribution in [0.2, 0.25) is 0 Å². The molecule has 1 aromatic carbocycles. The highest BCUT2D eigenvalue weighted by Gasteiger charge is 2.36. The van der Waals surface area contributed by atoms with E-state index in [0.717, 1.165) is 33.1 Å². The lowest BCUT2D eigenvalue weighted by Gasteiger charge is -2.31. The molecule has 176 valence electrons. The summed E-state index contributed by atoms with van der Waals surface area (Å²) in [5.41, 5.74) is 4.35. The van der Waals surface area contributed by atoms with Crippen LogP contribution in [0.25, 0.3) is 0 Å². The molecule has 0 spiro atoms. The minimum atomic E-state index is -0.317. The fourth-order valence-corrected chi connectivity index (χ4v) is 5.48. The van der Waals surface area contributed by atoms with Crippen LogP contribution in [-0.2, 0) is 4.79 Å². The Kier molecular flexibility index (Phi) is 6.52. The molecule has 0 amide bonds. The number of rotatable bonds is 3. The largest absolute Gasteiger partial charge is 0.289 e. The number of hydrogen-bond donors (Lipinski definition) is 0. The molecule has 1 unspecified atom stereocenters. The van der Waals surface area contributed by atoms with Gasteiger partial charge >= 0.3 is 0 Å². The number of carbonyl (C=O) groups excluding carboxylic acids is 1. The predicted octanol–water partition coefficient (Wildman–Crippen LogP) is 8.43. The highest BCUT2D eigenvalue weighted by Crippen LogP contribution is 2.47. The van der Waals surface area contributed by atoms with Gasteiger partial charge in [0.2, 0.25) is 0 Å². The van der Waals surface area contributed by atoms with E-state index >= 15 is 0 Å². The lowest BCUT2D eigenvalue weighted by molar-refractivity contribution is -0.114. The van der Waals surface area contributed by atoms with E-state index in [9.17, 15) is 9.18 Å². The van der Waals surface area contributed by atoms with Crippen molar-refractivity contribution in [1.82, 2.24) is 0 Å². The lowest BCUT2D eigenvalue weighted by Crippen LogP contribution is -2.28. The molecule has 1 heterocycles. The fourth-order valence-electron chi connectivity index (χ4n) is 4.17. The molecular weight excluding hydrogens is 443 g/mol. The van der Waals surface area contributed by atoms with E-state index in [4.69, 9.17) is 5.11 Å². The molecule has 0 fully saturated rings. The van der Waals surface area contributed by atoms with Crippen LogP contribution < -0.4 is 0 Å². The average Bonchev–Trinajstić information content (AvgIpc) is 3.18. The van der Waals surface area contributed by atoms with Crippen molar-refractivity contribution in [3.63, 3.8) is 0 Å². The second-order valence-electron chi connectivity index (χ2n) is 10.9. The summed E-state index contributed by atoms with van der Waals surface area (Å²) in [6.45, 7) is 12.4. The zero-order valence-electron chi connectivity index (χ0n) is 20.6. The number of fused-ring (bicyclic) bond motifs is 1. The normalized spacial score (nSPS) is 20.7. The molecule has 5 heteroatoms. The molecule has 3 aliphatic rings. The number of nitrogens with zero attached hydrogens (tertiary/aromatic N) is 2. The maximum atomic E-state index is 13.5. The molecule has 3 nitrogen and oxygen atoms in total. The van der Waals surface area contributed by atoms with Gasteiger partial charge in [-0.05, 0) is 52.8 Å². The number of carbonyl (C=O) groups is 1. The van der Waals surface area contributed by atoms with Crippen molar-refractivity contribution < 1.29 is 9.18 Å². The van der Waals surface area contributed by atoms with E-state index in [2.05, 4.69) is 64.9 Å². The highest BCUT2D eigenvalue weighted by molar-refractivity contribution is 8.03. The lowest BCUT2D eigenvalue weighted by atomic mass is 9.71. The first-order valence-corrected chi connectivity index (χ1v) is 12.6. The molecule has 0 N–H and O–H groups in total. The maximum Gasteiger partial charge on any atom is 0.186 e. The highest BCUT2D eigenvalue weighted by atomic mass is 32.2. The third-order valence-corrected chi connectivity index (χ3v) is 7.33. The zero-order valence-corrected chi connectivity index (χ0v) is 21.5. The second-order valence-corrected chi connectivity index (χ2v) is 11.9. The summed E-state index contributed by atoms with van der Waals surface area (Å²) in [5.74, 6) is 1.06. The molecule has 4 rings (SSSR count). The number of hydrogen-bond acceptors (Lipinski definition) is 4. The standard InChI is InChI=1S/C29H31FN2OS/c1-28(2,3)23-15-19(16-24(26(23)33)29(4,5)6)25(32-31-21-13-11-20(30)12-14-21)27-22-10-8-7-9-18(22)17-34-27/h7-16,18H,17H2,1-6H3. The summed E-state index contributed by atoms with van der Waals surface area (Å²) in [6.07, 6.45) is 12.5. The fraction of sp³-hybridized carbons (Fsp3) is 0.345. The van der Waals surface area contributed by atoms with Gasteiger partial charge in [0.25, 0.3) is 0 Å². The van der Waals surface area contributed by atoms with Crippen LogP contribution in [0.1, 0.15) is 41.5 Å². The van der Waals surface area contributed by atoms with Crippen molar-refractivity contribution in [3.8, 4) is 0 Å². The molecule has 1 aromatic rings. The third-order valence-electron chi connectivity index (χ3n) is 6.08. The van der Waals surface area contributed by atoms with Crippen LogP contribution >= 0.6 is 11.8 Å². The first-order chi connectivity index (χ1) is 15.9. The van der Waals surface area contributed by atoms with Crippen LogP contribution in [0.5, 0.6) is 0 Å².